The summed E-state index contributed by atoms with van der Waals surface area (Å²) in [5, 5.41) is 4.95. The van der Waals surface area contributed by atoms with Crippen LogP contribution in [0.2, 0.25) is 0 Å². The van der Waals surface area contributed by atoms with E-state index in [1.807, 2.05) is 11.3 Å². The number of nitrogens with one attached hydrogen (secondary N) is 1. The van der Waals surface area contributed by atoms with E-state index in [2.05, 4.69) is 53.4 Å². The molecule has 0 bridgehead atoms. The van der Waals surface area contributed by atoms with E-state index < -0.39 is 0 Å². The molecule has 0 atom stereocenters. The van der Waals surface area contributed by atoms with Crippen molar-refractivity contribution in [2.45, 2.75) is 20.0 Å². The maximum Gasteiger partial charge on any atom is 0.0349 e. The minimum atomic E-state index is 0.999. The van der Waals surface area contributed by atoms with Gasteiger partial charge in [0.1, 0.15) is 0 Å². The molecule has 1 aromatic carbocycles. The second kappa shape index (κ2) is 6.88. The molecular formula is C17H25N3S. The Labute approximate surface area is 131 Å². The third kappa shape index (κ3) is 3.46. The van der Waals surface area contributed by atoms with E-state index in [1.165, 1.54) is 41.1 Å². The van der Waals surface area contributed by atoms with Crippen molar-refractivity contribution in [3.63, 3.8) is 0 Å². The summed E-state index contributed by atoms with van der Waals surface area (Å²) in [5.74, 6) is 0. The molecule has 0 aliphatic carbocycles. The highest BCUT2D eigenvalue weighted by atomic mass is 32.1. The highest BCUT2D eigenvalue weighted by Gasteiger charge is 2.18. The fourth-order valence-electron chi connectivity index (χ4n) is 2.93. The smallest absolute Gasteiger partial charge is 0.0349 e. The SMILES string of the molecule is CCNCc1sc2ccccc2c1CN1CCN(C)CC1. The van der Waals surface area contributed by atoms with Crippen molar-refractivity contribution in [2.24, 2.45) is 0 Å². The molecule has 1 aliphatic rings. The number of nitrogens with zero attached hydrogens (tertiary/aromatic N) is 2. The first-order valence-electron chi connectivity index (χ1n) is 7.89. The van der Waals surface area contributed by atoms with E-state index in [0.29, 0.717) is 0 Å². The summed E-state index contributed by atoms with van der Waals surface area (Å²) in [4.78, 5) is 6.53. The van der Waals surface area contributed by atoms with Crippen LogP contribution in [0, 0.1) is 0 Å². The predicted molar refractivity (Wildman–Crippen MR) is 92.0 cm³/mol. The second-order valence-electron chi connectivity index (χ2n) is 5.86. The Morgan fingerprint density at radius 1 is 1.14 bits per heavy atom. The van der Waals surface area contributed by atoms with E-state index in [0.717, 1.165) is 19.6 Å². The molecule has 1 fully saturated rings. The van der Waals surface area contributed by atoms with Crippen molar-refractivity contribution < 1.29 is 0 Å². The molecule has 0 amide bonds. The standard InChI is InChI=1S/C17H25N3S/c1-3-18-12-17-15(13-20-10-8-19(2)9-11-20)14-6-4-5-7-16(14)21-17/h4-7,18H,3,8-13H2,1-2H3. The van der Waals surface area contributed by atoms with Gasteiger partial charge >= 0.3 is 0 Å². The molecule has 1 aromatic heterocycles. The van der Waals surface area contributed by atoms with Crippen LogP contribution in [0.4, 0.5) is 0 Å². The Balaban J connectivity index is 1.84. The van der Waals surface area contributed by atoms with E-state index in [-0.39, 0.29) is 0 Å². The van der Waals surface area contributed by atoms with Gasteiger partial charge in [-0.15, -0.1) is 11.3 Å². The molecule has 2 heterocycles. The molecule has 1 N–H and O–H groups in total. The zero-order chi connectivity index (χ0) is 14.7. The lowest BCUT2D eigenvalue weighted by atomic mass is 10.1. The van der Waals surface area contributed by atoms with Crippen LogP contribution in [0.15, 0.2) is 24.3 Å². The number of piperazine rings is 1. The van der Waals surface area contributed by atoms with Crippen LogP contribution in [-0.2, 0) is 13.1 Å². The zero-order valence-corrected chi connectivity index (χ0v) is 13.9. The Kier molecular flexibility index (Phi) is 4.91. The van der Waals surface area contributed by atoms with Crippen LogP contribution in [0.5, 0.6) is 0 Å². The molecule has 1 saturated heterocycles. The Bertz CT molecular complexity index is 585. The van der Waals surface area contributed by atoms with Gasteiger partial charge < -0.3 is 10.2 Å². The summed E-state index contributed by atoms with van der Waals surface area (Å²) in [7, 11) is 2.22. The summed E-state index contributed by atoms with van der Waals surface area (Å²) in [6, 6.07) is 8.85. The number of hydrogen-bond donors (Lipinski definition) is 1. The average Bonchev–Trinajstić information content (AvgIpc) is 2.85. The van der Waals surface area contributed by atoms with Gasteiger partial charge in [-0.1, -0.05) is 25.1 Å². The predicted octanol–water partition coefficient (Wildman–Crippen LogP) is 2.76. The van der Waals surface area contributed by atoms with Gasteiger partial charge in [-0.3, -0.25) is 4.90 Å². The van der Waals surface area contributed by atoms with Crippen molar-refractivity contribution in [3.8, 4) is 0 Å². The molecule has 4 heteroatoms. The number of rotatable bonds is 5. The van der Waals surface area contributed by atoms with Crippen LogP contribution in [0.1, 0.15) is 17.4 Å². The molecule has 0 spiro atoms. The molecule has 0 unspecified atom stereocenters. The van der Waals surface area contributed by atoms with Crippen LogP contribution in [0.3, 0.4) is 0 Å². The number of fused-ring (bicyclic) bond motifs is 1. The van der Waals surface area contributed by atoms with Crippen molar-refractivity contribution in [1.82, 2.24) is 15.1 Å². The molecular weight excluding hydrogens is 278 g/mol. The molecule has 1 aliphatic heterocycles. The van der Waals surface area contributed by atoms with Gasteiger partial charge in [0, 0.05) is 48.8 Å². The quantitative estimate of drug-likeness (QED) is 0.916. The summed E-state index contributed by atoms with van der Waals surface area (Å²) in [6.45, 7) is 10.0. The molecule has 0 saturated carbocycles. The third-order valence-electron chi connectivity index (χ3n) is 4.30. The molecule has 3 nitrogen and oxygen atoms in total. The maximum atomic E-state index is 3.49. The fourth-order valence-corrected chi connectivity index (χ4v) is 4.12. The minimum Gasteiger partial charge on any atom is -0.312 e. The first kappa shape index (κ1) is 15.0. The van der Waals surface area contributed by atoms with E-state index in [4.69, 9.17) is 0 Å². The van der Waals surface area contributed by atoms with Gasteiger partial charge in [0.2, 0.25) is 0 Å². The average molecular weight is 303 g/mol. The first-order chi connectivity index (χ1) is 10.3. The van der Waals surface area contributed by atoms with Gasteiger partial charge in [0.15, 0.2) is 0 Å². The summed E-state index contributed by atoms with van der Waals surface area (Å²) >= 11 is 1.95. The number of thiophene rings is 1. The maximum absolute atomic E-state index is 3.49. The monoisotopic (exact) mass is 303 g/mol. The van der Waals surface area contributed by atoms with Gasteiger partial charge in [-0.05, 0) is 30.6 Å². The Morgan fingerprint density at radius 3 is 2.67 bits per heavy atom. The van der Waals surface area contributed by atoms with Crippen molar-refractivity contribution in [2.75, 3.05) is 39.8 Å². The molecule has 3 rings (SSSR count). The number of likely N-dealkylation sites (N-methyl/N-ethyl adjacent to an activating group) is 1. The highest BCUT2D eigenvalue weighted by molar-refractivity contribution is 7.19. The van der Waals surface area contributed by atoms with Crippen molar-refractivity contribution in [1.29, 1.82) is 0 Å². The van der Waals surface area contributed by atoms with Gasteiger partial charge in [-0.2, -0.15) is 0 Å². The summed E-state index contributed by atoms with van der Waals surface area (Å²) < 4.78 is 1.43. The molecule has 0 radical (unpaired) electrons. The van der Waals surface area contributed by atoms with Gasteiger partial charge in [-0.25, -0.2) is 0 Å². The lowest BCUT2D eigenvalue weighted by Crippen LogP contribution is -2.44. The topological polar surface area (TPSA) is 18.5 Å². The fraction of sp³-hybridized carbons (Fsp3) is 0.529. The van der Waals surface area contributed by atoms with Gasteiger partial charge in [0.05, 0.1) is 0 Å². The van der Waals surface area contributed by atoms with Crippen LogP contribution in [0.25, 0.3) is 10.1 Å². The first-order valence-corrected chi connectivity index (χ1v) is 8.70. The van der Waals surface area contributed by atoms with Crippen LogP contribution < -0.4 is 5.32 Å². The lowest BCUT2D eigenvalue weighted by Gasteiger charge is -2.32. The minimum absolute atomic E-state index is 0.999. The summed E-state index contributed by atoms with van der Waals surface area (Å²) in [5.41, 5.74) is 1.54. The number of hydrogen-bond acceptors (Lipinski definition) is 4. The van der Waals surface area contributed by atoms with Crippen LogP contribution in [-0.4, -0.2) is 49.6 Å². The van der Waals surface area contributed by atoms with Gasteiger partial charge in [0.25, 0.3) is 0 Å². The number of benzene rings is 1. The largest absolute Gasteiger partial charge is 0.312 e. The van der Waals surface area contributed by atoms with E-state index >= 15 is 0 Å². The van der Waals surface area contributed by atoms with Crippen molar-refractivity contribution in [3.05, 3.63) is 34.7 Å². The van der Waals surface area contributed by atoms with Crippen LogP contribution >= 0.6 is 11.3 Å². The molecule has 21 heavy (non-hydrogen) atoms. The Morgan fingerprint density at radius 2 is 1.90 bits per heavy atom. The van der Waals surface area contributed by atoms with E-state index in [1.54, 1.807) is 5.56 Å². The van der Waals surface area contributed by atoms with E-state index in [9.17, 15) is 0 Å². The second-order valence-corrected chi connectivity index (χ2v) is 7.00. The summed E-state index contributed by atoms with van der Waals surface area (Å²) in [6.07, 6.45) is 0. The van der Waals surface area contributed by atoms with Crippen molar-refractivity contribution >= 4 is 21.4 Å². The molecule has 114 valence electrons. The normalized spacial score (nSPS) is 17.6. The Hall–Kier alpha value is -0.940. The highest BCUT2D eigenvalue weighted by Crippen LogP contribution is 2.32. The lowest BCUT2D eigenvalue weighted by molar-refractivity contribution is 0.148. The zero-order valence-electron chi connectivity index (χ0n) is 13.1. The third-order valence-corrected chi connectivity index (χ3v) is 5.51. The molecule has 2 aromatic rings.